The number of aromatic nitrogens is 2. The van der Waals surface area contributed by atoms with Gasteiger partial charge < -0.3 is 9.72 Å². The van der Waals surface area contributed by atoms with Gasteiger partial charge in [0.05, 0.1) is 17.6 Å². The number of fused-ring (bicyclic) bond motifs is 1. The van der Waals surface area contributed by atoms with E-state index in [-0.39, 0.29) is 5.97 Å². The van der Waals surface area contributed by atoms with Crippen LogP contribution in [-0.4, -0.2) is 22.5 Å². The fourth-order valence-corrected chi connectivity index (χ4v) is 1.91. The lowest BCUT2D eigenvalue weighted by Gasteiger charge is -2.00. The van der Waals surface area contributed by atoms with Crippen LogP contribution in [0.4, 0.5) is 0 Å². The standard InChI is InChI=1S/C14H18N2O2/c1-11(17)18-10-6-2-3-9-14-15-12-7-4-5-8-13(12)16-14/h4-5,7-8H,2-3,6,9-10H2,1H3,(H,15,16). The van der Waals surface area contributed by atoms with Crippen molar-refractivity contribution in [3.63, 3.8) is 0 Å². The summed E-state index contributed by atoms with van der Waals surface area (Å²) in [5, 5.41) is 0. The van der Waals surface area contributed by atoms with E-state index in [0.717, 1.165) is 42.5 Å². The third-order valence-corrected chi connectivity index (χ3v) is 2.80. The molecule has 0 saturated heterocycles. The van der Waals surface area contributed by atoms with Crippen molar-refractivity contribution in [1.29, 1.82) is 0 Å². The van der Waals surface area contributed by atoms with Gasteiger partial charge in [-0.05, 0) is 31.4 Å². The lowest BCUT2D eigenvalue weighted by atomic mass is 10.2. The minimum Gasteiger partial charge on any atom is -0.466 e. The summed E-state index contributed by atoms with van der Waals surface area (Å²) in [7, 11) is 0. The zero-order valence-corrected chi connectivity index (χ0v) is 10.6. The van der Waals surface area contributed by atoms with Crippen LogP contribution in [-0.2, 0) is 16.0 Å². The molecule has 0 bridgehead atoms. The second kappa shape index (κ2) is 6.19. The number of aromatic amines is 1. The van der Waals surface area contributed by atoms with Gasteiger partial charge in [0, 0.05) is 13.3 Å². The van der Waals surface area contributed by atoms with Crippen molar-refractivity contribution >= 4 is 17.0 Å². The van der Waals surface area contributed by atoms with Gasteiger partial charge in [-0.3, -0.25) is 4.79 Å². The highest BCUT2D eigenvalue weighted by Crippen LogP contribution is 2.12. The van der Waals surface area contributed by atoms with Crippen molar-refractivity contribution in [3.8, 4) is 0 Å². The minimum atomic E-state index is -0.202. The van der Waals surface area contributed by atoms with Crippen LogP contribution < -0.4 is 0 Å². The molecule has 0 radical (unpaired) electrons. The third-order valence-electron chi connectivity index (χ3n) is 2.80. The second-order valence-electron chi connectivity index (χ2n) is 4.35. The Balaban J connectivity index is 1.72. The molecule has 4 heteroatoms. The number of ether oxygens (including phenoxy) is 1. The Morgan fingerprint density at radius 2 is 2.11 bits per heavy atom. The molecule has 0 amide bonds. The quantitative estimate of drug-likeness (QED) is 0.630. The van der Waals surface area contributed by atoms with Crippen LogP contribution in [0.15, 0.2) is 24.3 Å². The van der Waals surface area contributed by atoms with Crippen molar-refractivity contribution in [1.82, 2.24) is 9.97 Å². The third kappa shape index (κ3) is 3.58. The highest BCUT2D eigenvalue weighted by Gasteiger charge is 2.01. The summed E-state index contributed by atoms with van der Waals surface area (Å²) >= 11 is 0. The molecule has 1 aromatic heterocycles. The monoisotopic (exact) mass is 246 g/mol. The number of esters is 1. The molecular weight excluding hydrogens is 228 g/mol. The molecule has 0 atom stereocenters. The number of carbonyl (C=O) groups excluding carboxylic acids is 1. The van der Waals surface area contributed by atoms with E-state index in [0.29, 0.717) is 6.61 Å². The maximum atomic E-state index is 10.6. The average molecular weight is 246 g/mol. The zero-order valence-electron chi connectivity index (χ0n) is 10.6. The number of aryl methyl sites for hydroxylation is 1. The summed E-state index contributed by atoms with van der Waals surface area (Å²) in [5.41, 5.74) is 2.11. The van der Waals surface area contributed by atoms with Gasteiger partial charge in [-0.2, -0.15) is 0 Å². The summed E-state index contributed by atoms with van der Waals surface area (Å²) < 4.78 is 4.88. The van der Waals surface area contributed by atoms with Crippen molar-refractivity contribution < 1.29 is 9.53 Å². The molecule has 1 heterocycles. The van der Waals surface area contributed by atoms with E-state index in [9.17, 15) is 4.79 Å². The van der Waals surface area contributed by atoms with Crippen LogP contribution in [0.25, 0.3) is 11.0 Å². The van der Waals surface area contributed by atoms with E-state index in [1.165, 1.54) is 6.92 Å². The number of rotatable bonds is 6. The number of para-hydroxylation sites is 2. The molecule has 1 aromatic carbocycles. The van der Waals surface area contributed by atoms with Crippen LogP contribution in [0.1, 0.15) is 32.0 Å². The van der Waals surface area contributed by atoms with Gasteiger partial charge in [-0.15, -0.1) is 0 Å². The highest BCUT2D eigenvalue weighted by atomic mass is 16.5. The topological polar surface area (TPSA) is 55.0 Å². The first kappa shape index (κ1) is 12.6. The molecule has 18 heavy (non-hydrogen) atoms. The van der Waals surface area contributed by atoms with E-state index >= 15 is 0 Å². The zero-order chi connectivity index (χ0) is 12.8. The van der Waals surface area contributed by atoms with Gasteiger partial charge >= 0.3 is 5.97 Å². The van der Waals surface area contributed by atoms with E-state index in [1.54, 1.807) is 0 Å². The lowest BCUT2D eigenvalue weighted by molar-refractivity contribution is -0.141. The largest absolute Gasteiger partial charge is 0.466 e. The van der Waals surface area contributed by atoms with Gasteiger partial charge in [0.25, 0.3) is 0 Å². The molecule has 2 aromatic rings. The van der Waals surface area contributed by atoms with Gasteiger partial charge in [-0.1, -0.05) is 12.1 Å². The van der Waals surface area contributed by atoms with Crippen molar-refractivity contribution in [2.24, 2.45) is 0 Å². The maximum Gasteiger partial charge on any atom is 0.302 e. The Morgan fingerprint density at radius 3 is 2.89 bits per heavy atom. The van der Waals surface area contributed by atoms with E-state index in [2.05, 4.69) is 9.97 Å². The fourth-order valence-electron chi connectivity index (χ4n) is 1.91. The SMILES string of the molecule is CC(=O)OCCCCCc1nc2ccccc2[nH]1. The van der Waals surface area contributed by atoms with E-state index < -0.39 is 0 Å². The Labute approximate surface area is 106 Å². The lowest BCUT2D eigenvalue weighted by Crippen LogP contribution is -2.00. The predicted molar refractivity (Wildman–Crippen MR) is 70.3 cm³/mol. The molecule has 0 unspecified atom stereocenters. The van der Waals surface area contributed by atoms with Crippen LogP contribution in [0.3, 0.4) is 0 Å². The fraction of sp³-hybridized carbons (Fsp3) is 0.429. The molecule has 0 aliphatic heterocycles. The summed E-state index contributed by atoms with van der Waals surface area (Å²) in [6.07, 6.45) is 3.96. The summed E-state index contributed by atoms with van der Waals surface area (Å²) in [5.74, 6) is 0.830. The minimum absolute atomic E-state index is 0.202. The van der Waals surface area contributed by atoms with Crippen LogP contribution >= 0.6 is 0 Å². The van der Waals surface area contributed by atoms with Gasteiger partial charge in [0.15, 0.2) is 0 Å². The number of hydrogen-bond donors (Lipinski definition) is 1. The summed E-state index contributed by atoms with van der Waals surface area (Å²) in [4.78, 5) is 18.4. The predicted octanol–water partition coefficient (Wildman–Crippen LogP) is 2.84. The maximum absolute atomic E-state index is 10.6. The van der Waals surface area contributed by atoms with Gasteiger partial charge in [-0.25, -0.2) is 4.98 Å². The highest BCUT2D eigenvalue weighted by molar-refractivity contribution is 5.74. The molecule has 2 rings (SSSR count). The molecule has 0 spiro atoms. The van der Waals surface area contributed by atoms with Crippen molar-refractivity contribution in [3.05, 3.63) is 30.1 Å². The van der Waals surface area contributed by atoms with Crippen LogP contribution in [0.2, 0.25) is 0 Å². The number of hydrogen-bond acceptors (Lipinski definition) is 3. The molecule has 0 aliphatic carbocycles. The Kier molecular flexibility index (Phi) is 4.34. The normalized spacial score (nSPS) is 10.7. The Morgan fingerprint density at radius 1 is 1.28 bits per heavy atom. The first-order valence-corrected chi connectivity index (χ1v) is 6.33. The molecule has 96 valence electrons. The van der Waals surface area contributed by atoms with Crippen LogP contribution in [0, 0.1) is 0 Å². The van der Waals surface area contributed by atoms with Gasteiger partial charge in [0.2, 0.25) is 0 Å². The smallest absolute Gasteiger partial charge is 0.302 e. The first-order valence-electron chi connectivity index (χ1n) is 6.33. The van der Waals surface area contributed by atoms with E-state index in [4.69, 9.17) is 4.74 Å². The summed E-state index contributed by atoms with van der Waals surface area (Å²) in [6.45, 7) is 1.96. The molecule has 0 aliphatic rings. The number of imidazole rings is 1. The molecular formula is C14H18N2O2. The average Bonchev–Trinajstić information content (AvgIpc) is 2.75. The number of H-pyrrole nitrogens is 1. The molecule has 0 saturated carbocycles. The first-order chi connectivity index (χ1) is 8.75. The number of unbranched alkanes of at least 4 members (excludes halogenated alkanes) is 2. The number of nitrogens with one attached hydrogen (secondary N) is 1. The van der Waals surface area contributed by atoms with Crippen LogP contribution in [0.5, 0.6) is 0 Å². The molecule has 0 fully saturated rings. The van der Waals surface area contributed by atoms with E-state index in [1.807, 2.05) is 24.3 Å². The number of benzene rings is 1. The summed E-state index contributed by atoms with van der Waals surface area (Å²) in [6, 6.07) is 8.04. The number of carbonyl (C=O) groups is 1. The Bertz CT molecular complexity index is 486. The number of nitrogens with zero attached hydrogens (tertiary/aromatic N) is 1. The van der Waals surface area contributed by atoms with Crippen molar-refractivity contribution in [2.45, 2.75) is 32.6 Å². The van der Waals surface area contributed by atoms with Crippen molar-refractivity contribution in [2.75, 3.05) is 6.61 Å². The van der Waals surface area contributed by atoms with Gasteiger partial charge in [0.1, 0.15) is 5.82 Å². The Hall–Kier alpha value is -1.84. The molecule has 4 nitrogen and oxygen atoms in total. The molecule has 1 N–H and O–H groups in total. The second-order valence-corrected chi connectivity index (χ2v) is 4.35.